The molecule has 1 aliphatic heterocycles. The second-order valence-corrected chi connectivity index (χ2v) is 6.98. The molecule has 0 aliphatic carbocycles. The van der Waals surface area contributed by atoms with Crippen LogP contribution in [0, 0.1) is 11.2 Å². The molecule has 0 amide bonds. The Balaban J connectivity index is 1.61. The quantitative estimate of drug-likeness (QED) is 0.388. The van der Waals surface area contributed by atoms with Crippen LogP contribution in [0.2, 0.25) is 0 Å². The van der Waals surface area contributed by atoms with E-state index in [1.54, 1.807) is 30.5 Å². The molecule has 9 nitrogen and oxygen atoms in total. The predicted molar refractivity (Wildman–Crippen MR) is 113 cm³/mol. The number of nitrogens with one attached hydrogen (secondary N) is 1. The number of carbonyl (C=O) groups is 2. The number of anilines is 2. The summed E-state index contributed by atoms with van der Waals surface area (Å²) >= 11 is 0. The number of esters is 2. The fraction of sp³-hybridized carbons (Fsp3) is 0.333. The summed E-state index contributed by atoms with van der Waals surface area (Å²) in [4.78, 5) is 31.2. The molecule has 10 heteroatoms. The van der Waals surface area contributed by atoms with E-state index in [0.29, 0.717) is 31.9 Å². The van der Waals surface area contributed by atoms with Crippen LogP contribution in [0.5, 0.6) is 0 Å². The average Bonchev–Trinajstić information content (AvgIpc) is 2.77. The lowest BCUT2D eigenvalue weighted by molar-refractivity contribution is -0.143. The SMILES string of the molecule is COC(=O)c1ccc(N2CCN(c3cccc(COC(=O)CC(=N)N)c3F)CC2)cn1. The summed E-state index contributed by atoms with van der Waals surface area (Å²) < 4.78 is 24.6. The van der Waals surface area contributed by atoms with Gasteiger partial charge >= 0.3 is 11.9 Å². The molecular weight excluding hydrogens is 405 g/mol. The maximum absolute atomic E-state index is 15.0. The Kier molecular flexibility index (Phi) is 7.01. The van der Waals surface area contributed by atoms with E-state index in [2.05, 4.69) is 14.6 Å². The van der Waals surface area contributed by atoms with Gasteiger partial charge in [-0.1, -0.05) is 12.1 Å². The van der Waals surface area contributed by atoms with Crippen LogP contribution in [0.3, 0.4) is 0 Å². The highest BCUT2D eigenvalue weighted by molar-refractivity contribution is 5.94. The number of carbonyl (C=O) groups excluding carboxylic acids is 2. The summed E-state index contributed by atoms with van der Waals surface area (Å²) in [5.74, 6) is -1.89. The third-order valence-electron chi connectivity index (χ3n) is 4.91. The number of pyridine rings is 1. The molecule has 1 aromatic carbocycles. The zero-order chi connectivity index (χ0) is 22.4. The summed E-state index contributed by atoms with van der Waals surface area (Å²) in [7, 11) is 1.31. The van der Waals surface area contributed by atoms with Gasteiger partial charge in [0.15, 0.2) is 5.82 Å². The summed E-state index contributed by atoms with van der Waals surface area (Å²) in [6.45, 7) is 2.25. The molecule has 1 aliphatic rings. The standard InChI is InChI=1S/C21H24FN5O4/c1-30-21(29)16-6-5-15(12-25-16)26-7-9-27(10-8-26)17-4-2-3-14(20(17)22)13-31-19(28)11-18(23)24/h2-6,12H,7-11,13H2,1H3,(H3,23,24). The van der Waals surface area contributed by atoms with Crippen molar-refractivity contribution in [2.75, 3.05) is 43.1 Å². The van der Waals surface area contributed by atoms with Gasteiger partial charge in [-0.05, 0) is 18.2 Å². The number of benzene rings is 1. The fourth-order valence-electron chi connectivity index (χ4n) is 3.29. The van der Waals surface area contributed by atoms with Gasteiger partial charge in [0, 0.05) is 31.7 Å². The number of methoxy groups -OCH3 is 1. The van der Waals surface area contributed by atoms with Crippen LogP contribution in [-0.2, 0) is 20.9 Å². The average molecular weight is 429 g/mol. The van der Waals surface area contributed by atoms with Crippen molar-refractivity contribution in [2.45, 2.75) is 13.0 Å². The molecule has 1 aromatic heterocycles. The third-order valence-corrected chi connectivity index (χ3v) is 4.91. The Bertz CT molecular complexity index is 959. The molecule has 0 unspecified atom stereocenters. The Morgan fingerprint density at radius 3 is 2.48 bits per heavy atom. The van der Waals surface area contributed by atoms with Crippen molar-refractivity contribution in [3.8, 4) is 0 Å². The van der Waals surface area contributed by atoms with Crippen LogP contribution in [0.15, 0.2) is 36.5 Å². The van der Waals surface area contributed by atoms with Crippen molar-refractivity contribution in [3.05, 3.63) is 53.6 Å². The van der Waals surface area contributed by atoms with Crippen molar-refractivity contribution in [2.24, 2.45) is 5.73 Å². The first-order valence-corrected chi connectivity index (χ1v) is 9.69. The van der Waals surface area contributed by atoms with E-state index in [9.17, 15) is 14.0 Å². The van der Waals surface area contributed by atoms with Gasteiger partial charge in [-0.2, -0.15) is 0 Å². The van der Waals surface area contributed by atoms with Crippen LogP contribution >= 0.6 is 0 Å². The largest absolute Gasteiger partial charge is 0.464 e. The second-order valence-electron chi connectivity index (χ2n) is 6.98. The molecule has 2 heterocycles. The van der Waals surface area contributed by atoms with Crippen LogP contribution in [-0.4, -0.2) is 56.0 Å². The summed E-state index contributed by atoms with van der Waals surface area (Å²) in [5, 5.41) is 7.10. The summed E-state index contributed by atoms with van der Waals surface area (Å²) in [6, 6.07) is 8.40. The smallest absolute Gasteiger partial charge is 0.356 e. The molecular formula is C21H24FN5O4. The van der Waals surface area contributed by atoms with E-state index < -0.39 is 17.8 Å². The minimum Gasteiger partial charge on any atom is -0.464 e. The highest BCUT2D eigenvalue weighted by atomic mass is 19.1. The van der Waals surface area contributed by atoms with Crippen molar-refractivity contribution in [1.29, 1.82) is 5.41 Å². The van der Waals surface area contributed by atoms with Crippen molar-refractivity contribution < 1.29 is 23.5 Å². The highest BCUT2D eigenvalue weighted by Crippen LogP contribution is 2.25. The molecule has 1 saturated heterocycles. The van der Waals surface area contributed by atoms with Gasteiger partial charge in [0.1, 0.15) is 24.6 Å². The van der Waals surface area contributed by atoms with E-state index >= 15 is 0 Å². The lowest BCUT2D eigenvalue weighted by Gasteiger charge is -2.37. The summed E-state index contributed by atoms with van der Waals surface area (Å²) in [5.41, 5.74) is 6.99. The lowest BCUT2D eigenvalue weighted by Crippen LogP contribution is -2.47. The Hall–Kier alpha value is -3.69. The third kappa shape index (κ3) is 5.47. The number of amidine groups is 1. The maximum Gasteiger partial charge on any atom is 0.356 e. The van der Waals surface area contributed by atoms with Crippen LogP contribution in [0.25, 0.3) is 0 Å². The van der Waals surface area contributed by atoms with Gasteiger partial charge in [-0.3, -0.25) is 10.2 Å². The lowest BCUT2D eigenvalue weighted by atomic mass is 10.1. The molecule has 1 fully saturated rings. The Morgan fingerprint density at radius 1 is 1.16 bits per heavy atom. The predicted octanol–water partition coefficient (Wildman–Crippen LogP) is 1.70. The molecule has 2 aromatic rings. The van der Waals surface area contributed by atoms with Crippen molar-refractivity contribution >= 4 is 29.1 Å². The highest BCUT2D eigenvalue weighted by Gasteiger charge is 2.22. The fourth-order valence-corrected chi connectivity index (χ4v) is 3.29. The summed E-state index contributed by atoms with van der Waals surface area (Å²) in [6.07, 6.45) is 1.30. The zero-order valence-corrected chi connectivity index (χ0v) is 17.1. The van der Waals surface area contributed by atoms with E-state index in [1.165, 1.54) is 7.11 Å². The monoisotopic (exact) mass is 429 g/mol. The molecule has 31 heavy (non-hydrogen) atoms. The molecule has 3 N–H and O–H groups in total. The number of ether oxygens (including phenoxy) is 2. The van der Waals surface area contributed by atoms with Crippen LogP contribution in [0.1, 0.15) is 22.5 Å². The van der Waals surface area contributed by atoms with E-state index in [1.807, 2.05) is 11.0 Å². The number of hydrogen-bond donors (Lipinski definition) is 2. The number of rotatable bonds is 7. The number of hydrogen-bond acceptors (Lipinski definition) is 8. The van der Waals surface area contributed by atoms with E-state index in [4.69, 9.17) is 15.9 Å². The normalized spacial score (nSPS) is 13.6. The first-order chi connectivity index (χ1) is 14.9. The minimum absolute atomic E-state index is 0.218. The molecule has 0 bridgehead atoms. The van der Waals surface area contributed by atoms with Crippen molar-refractivity contribution in [3.63, 3.8) is 0 Å². The minimum atomic E-state index is -0.669. The molecule has 0 spiro atoms. The van der Waals surface area contributed by atoms with Crippen LogP contribution in [0.4, 0.5) is 15.8 Å². The number of halogens is 1. The number of nitrogens with two attached hydrogens (primary N) is 1. The first-order valence-electron chi connectivity index (χ1n) is 9.69. The zero-order valence-electron chi connectivity index (χ0n) is 17.1. The molecule has 0 radical (unpaired) electrons. The van der Waals surface area contributed by atoms with Gasteiger partial charge in [-0.25, -0.2) is 14.2 Å². The van der Waals surface area contributed by atoms with Gasteiger partial charge in [-0.15, -0.1) is 0 Å². The Labute approximate surface area is 179 Å². The van der Waals surface area contributed by atoms with Gasteiger partial charge < -0.3 is 25.0 Å². The van der Waals surface area contributed by atoms with Gasteiger partial charge in [0.2, 0.25) is 0 Å². The van der Waals surface area contributed by atoms with Gasteiger partial charge in [0.05, 0.1) is 24.7 Å². The molecule has 164 valence electrons. The van der Waals surface area contributed by atoms with Crippen molar-refractivity contribution in [1.82, 2.24) is 4.98 Å². The number of aromatic nitrogens is 1. The topological polar surface area (TPSA) is 122 Å². The van der Waals surface area contributed by atoms with E-state index in [-0.39, 0.29) is 30.1 Å². The van der Waals surface area contributed by atoms with E-state index in [0.717, 1.165) is 5.69 Å². The van der Waals surface area contributed by atoms with Crippen LogP contribution < -0.4 is 15.5 Å². The molecule has 3 rings (SSSR count). The Morgan fingerprint density at radius 2 is 1.87 bits per heavy atom. The van der Waals surface area contributed by atoms with Gasteiger partial charge in [0.25, 0.3) is 0 Å². The molecule has 0 saturated carbocycles. The number of piperazine rings is 1. The second kappa shape index (κ2) is 9.88. The maximum atomic E-state index is 15.0. The first kappa shape index (κ1) is 22.0. The molecule has 0 atom stereocenters. The number of nitrogens with zero attached hydrogens (tertiary/aromatic N) is 3.